The maximum absolute atomic E-state index is 13.5. The van der Waals surface area contributed by atoms with Crippen LogP contribution in [0.1, 0.15) is 35.3 Å². The molecule has 2 aromatic carbocycles. The highest BCUT2D eigenvalue weighted by Crippen LogP contribution is 2.54. The smallest absolute Gasteiger partial charge is 0.254 e. The standard InChI is InChI=1S/C25H26N2O2/c1-16(17-8-4-2-5-9-17)26-24(28)23-22-20-13-12-19(14-20)21(22)15-27(23)25(29)18-10-6-3-7-11-18/h2-13,16,19-23H,14-15H2,1H3,(H,26,28)/t16-,19+,20-,21+,22-,23-/m0/s1. The molecule has 4 nitrogen and oxygen atoms in total. The van der Waals surface area contributed by atoms with Crippen LogP contribution in [0.5, 0.6) is 0 Å². The number of amides is 2. The lowest BCUT2D eigenvalue weighted by Crippen LogP contribution is -2.50. The fourth-order valence-corrected chi connectivity index (χ4v) is 5.63. The molecule has 0 unspecified atom stereocenters. The zero-order valence-corrected chi connectivity index (χ0v) is 16.6. The normalized spacial score (nSPS) is 30.2. The van der Waals surface area contributed by atoms with Crippen LogP contribution in [0.15, 0.2) is 72.8 Å². The number of hydrogen-bond acceptors (Lipinski definition) is 2. The van der Waals surface area contributed by atoms with Gasteiger partial charge in [-0.1, -0.05) is 60.7 Å². The zero-order chi connectivity index (χ0) is 20.0. The van der Waals surface area contributed by atoms with Crippen molar-refractivity contribution in [3.8, 4) is 0 Å². The Morgan fingerprint density at radius 3 is 2.34 bits per heavy atom. The van der Waals surface area contributed by atoms with E-state index in [1.54, 1.807) is 0 Å². The molecule has 1 N–H and O–H groups in total. The Bertz CT molecular complexity index is 940. The number of likely N-dealkylation sites (tertiary alicyclic amines) is 1. The van der Waals surface area contributed by atoms with Crippen LogP contribution in [0.25, 0.3) is 0 Å². The molecule has 4 heteroatoms. The Morgan fingerprint density at radius 2 is 1.62 bits per heavy atom. The second kappa shape index (κ2) is 7.18. The minimum atomic E-state index is -0.404. The second-order valence-electron chi connectivity index (χ2n) is 8.60. The number of carbonyl (C=O) groups is 2. The minimum Gasteiger partial charge on any atom is -0.348 e. The quantitative estimate of drug-likeness (QED) is 0.812. The van der Waals surface area contributed by atoms with Crippen LogP contribution in [-0.2, 0) is 4.79 Å². The Kier molecular flexibility index (Phi) is 4.50. The first-order valence-corrected chi connectivity index (χ1v) is 10.5. The first kappa shape index (κ1) is 18.2. The SMILES string of the molecule is C[C@H](NC(=O)[C@@H]1[C@@H]2[C@H](CN1C(=O)c1ccccc1)[C@@H]1C=C[C@H]2C1)c1ccccc1. The van der Waals surface area contributed by atoms with Crippen LogP contribution in [0.4, 0.5) is 0 Å². The molecular formula is C25H26N2O2. The molecule has 1 heterocycles. The van der Waals surface area contributed by atoms with Gasteiger partial charge >= 0.3 is 0 Å². The van der Waals surface area contributed by atoms with Gasteiger partial charge < -0.3 is 10.2 Å². The van der Waals surface area contributed by atoms with Gasteiger partial charge in [-0.3, -0.25) is 9.59 Å². The highest BCUT2D eigenvalue weighted by molar-refractivity contribution is 5.98. The summed E-state index contributed by atoms with van der Waals surface area (Å²) in [6.45, 7) is 2.67. The summed E-state index contributed by atoms with van der Waals surface area (Å²) in [7, 11) is 0. The van der Waals surface area contributed by atoms with Crippen molar-refractivity contribution in [2.75, 3.05) is 6.54 Å². The van der Waals surface area contributed by atoms with E-state index in [9.17, 15) is 9.59 Å². The monoisotopic (exact) mass is 386 g/mol. The van der Waals surface area contributed by atoms with Crippen LogP contribution < -0.4 is 5.32 Å². The van der Waals surface area contributed by atoms with E-state index >= 15 is 0 Å². The molecule has 3 aliphatic rings. The molecule has 1 aliphatic heterocycles. The van der Waals surface area contributed by atoms with Gasteiger partial charge in [0, 0.05) is 12.1 Å². The molecule has 6 atom stereocenters. The number of hydrogen-bond donors (Lipinski definition) is 1. The van der Waals surface area contributed by atoms with Crippen LogP contribution in [0, 0.1) is 23.7 Å². The summed E-state index contributed by atoms with van der Waals surface area (Å²) in [4.78, 5) is 28.6. The van der Waals surface area contributed by atoms with E-state index in [-0.39, 0.29) is 23.8 Å². The molecular weight excluding hydrogens is 360 g/mol. The van der Waals surface area contributed by atoms with Crippen LogP contribution in [-0.4, -0.2) is 29.3 Å². The maximum Gasteiger partial charge on any atom is 0.254 e. The van der Waals surface area contributed by atoms with Gasteiger partial charge in [-0.15, -0.1) is 0 Å². The molecule has 29 heavy (non-hydrogen) atoms. The minimum absolute atomic E-state index is 0.0286. The number of nitrogens with one attached hydrogen (secondary N) is 1. The van der Waals surface area contributed by atoms with Crippen molar-refractivity contribution in [3.05, 3.63) is 83.9 Å². The third-order valence-electron chi connectivity index (χ3n) is 7.00. The van der Waals surface area contributed by atoms with E-state index in [2.05, 4.69) is 17.5 Å². The van der Waals surface area contributed by atoms with Gasteiger partial charge in [-0.2, -0.15) is 0 Å². The van der Waals surface area contributed by atoms with Gasteiger partial charge in [0.05, 0.1) is 6.04 Å². The Labute approximate surface area is 171 Å². The van der Waals surface area contributed by atoms with E-state index in [1.165, 1.54) is 0 Å². The Morgan fingerprint density at radius 1 is 0.966 bits per heavy atom. The van der Waals surface area contributed by atoms with Gasteiger partial charge in [0.25, 0.3) is 5.91 Å². The molecule has 0 spiro atoms. The summed E-state index contributed by atoms with van der Waals surface area (Å²) < 4.78 is 0. The highest BCUT2D eigenvalue weighted by atomic mass is 16.2. The maximum atomic E-state index is 13.5. The summed E-state index contributed by atoms with van der Waals surface area (Å²) in [5.41, 5.74) is 1.73. The predicted octanol–water partition coefficient (Wildman–Crippen LogP) is 3.83. The van der Waals surface area contributed by atoms with Crippen molar-refractivity contribution in [3.63, 3.8) is 0 Å². The van der Waals surface area contributed by atoms with Gasteiger partial charge in [0.15, 0.2) is 0 Å². The molecule has 2 bridgehead atoms. The molecule has 0 aromatic heterocycles. The lowest BCUT2D eigenvalue weighted by Gasteiger charge is -2.30. The number of benzene rings is 2. The molecule has 148 valence electrons. The molecule has 2 amide bonds. The third kappa shape index (κ3) is 3.07. The average Bonchev–Trinajstić information content (AvgIpc) is 3.46. The third-order valence-corrected chi connectivity index (χ3v) is 7.00. The van der Waals surface area contributed by atoms with Crippen molar-refractivity contribution >= 4 is 11.8 Å². The van der Waals surface area contributed by atoms with E-state index in [4.69, 9.17) is 0 Å². The first-order chi connectivity index (χ1) is 14.1. The summed E-state index contributed by atoms with van der Waals surface area (Å²) in [6.07, 6.45) is 5.69. The fourth-order valence-electron chi connectivity index (χ4n) is 5.63. The lowest BCUT2D eigenvalue weighted by atomic mass is 9.81. The van der Waals surface area contributed by atoms with Crippen molar-refractivity contribution < 1.29 is 9.59 Å². The van der Waals surface area contributed by atoms with E-state index in [0.717, 1.165) is 12.0 Å². The molecule has 1 saturated heterocycles. The van der Waals surface area contributed by atoms with Crippen molar-refractivity contribution in [2.24, 2.45) is 23.7 Å². The Balaban J connectivity index is 1.42. The molecule has 2 aliphatic carbocycles. The van der Waals surface area contributed by atoms with E-state index < -0.39 is 6.04 Å². The predicted molar refractivity (Wildman–Crippen MR) is 112 cm³/mol. The molecule has 2 aromatic rings. The molecule has 0 radical (unpaired) electrons. The highest BCUT2D eigenvalue weighted by Gasteiger charge is 2.57. The number of rotatable bonds is 4. The number of nitrogens with zero attached hydrogens (tertiary/aromatic N) is 1. The Hall–Kier alpha value is -2.88. The topological polar surface area (TPSA) is 49.4 Å². The first-order valence-electron chi connectivity index (χ1n) is 10.5. The van der Waals surface area contributed by atoms with Crippen LogP contribution in [0.3, 0.4) is 0 Å². The summed E-state index contributed by atoms with van der Waals surface area (Å²) >= 11 is 0. The van der Waals surface area contributed by atoms with Crippen molar-refractivity contribution in [2.45, 2.75) is 25.4 Å². The number of carbonyl (C=O) groups excluding carboxylic acids is 2. The van der Waals surface area contributed by atoms with E-state index in [1.807, 2.05) is 72.5 Å². The summed E-state index contributed by atoms with van der Waals surface area (Å²) in [5.74, 6) is 1.45. The summed E-state index contributed by atoms with van der Waals surface area (Å²) in [5, 5.41) is 3.19. The van der Waals surface area contributed by atoms with Crippen molar-refractivity contribution in [1.82, 2.24) is 10.2 Å². The van der Waals surface area contributed by atoms with Crippen LogP contribution in [0.2, 0.25) is 0 Å². The average molecular weight is 386 g/mol. The fraction of sp³-hybridized carbons (Fsp3) is 0.360. The molecule has 1 saturated carbocycles. The molecule has 2 fully saturated rings. The zero-order valence-electron chi connectivity index (χ0n) is 16.6. The van der Waals surface area contributed by atoms with Crippen molar-refractivity contribution in [1.29, 1.82) is 0 Å². The largest absolute Gasteiger partial charge is 0.348 e. The summed E-state index contributed by atoms with van der Waals surface area (Å²) in [6, 6.07) is 18.8. The van der Waals surface area contributed by atoms with Gasteiger partial charge in [-0.25, -0.2) is 0 Å². The van der Waals surface area contributed by atoms with Gasteiger partial charge in [0.1, 0.15) is 6.04 Å². The van der Waals surface area contributed by atoms with Gasteiger partial charge in [-0.05, 0) is 54.7 Å². The number of fused-ring (bicyclic) bond motifs is 5. The van der Waals surface area contributed by atoms with Gasteiger partial charge in [0.2, 0.25) is 5.91 Å². The van der Waals surface area contributed by atoms with Crippen LogP contribution >= 0.6 is 0 Å². The number of allylic oxidation sites excluding steroid dienone is 2. The molecule has 5 rings (SSSR count). The lowest BCUT2D eigenvalue weighted by molar-refractivity contribution is -0.127. The second-order valence-corrected chi connectivity index (χ2v) is 8.60. The van der Waals surface area contributed by atoms with E-state index in [0.29, 0.717) is 29.9 Å².